The molecular formula is C17H13FN2. The summed E-state index contributed by atoms with van der Waals surface area (Å²) >= 11 is 0. The third kappa shape index (κ3) is 2.83. The molecule has 3 aromatic rings. The molecule has 0 saturated carbocycles. The molecule has 0 aliphatic carbocycles. The van der Waals surface area contributed by atoms with Gasteiger partial charge in [0.1, 0.15) is 5.82 Å². The topological polar surface area (TPSA) is 24.4 Å². The third-order valence-electron chi connectivity index (χ3n) is 3.03. The molecule has 0 atom stereocenters. The van der Waals surface area contributed by atoms with Crippen molar-refractivity contribution in [1.29, 1.82) is 0 Å². The average Bonchev–Trinajstić information content (AvgIpc) is 2.49. The van der Waals surface area contributed by atoms with E-state index >= 15 is 0 Å². The summed E-state index contributed by atoms with van der Waals surface area (Å²) in [5.74, 6) is -0.246. The van der Waals surface area contributed by atoms with Crippen LogP contribution in [0.3, 0.4) is 0 Å². The minimum atomic E-state index is -0.246. The van der Waals surface area contributed by atoms with Gasteiger partial charge in [-0.2, -0.15) is 5.10 Å². The van der Waals surface area contributed by atoms with Crippen molar-refractivity contribution in [2.24, 2.45) is 5.10 Å². The highest BCUT2D eigenvalue weighted by Gasteiger charge is 1.94. The molecule has 0 aromatic heterocycles. The van der Waals surface area contributed by atoms with E-state index in [9.17, 15) is 4.39 Å². The molecule has 1 N–H and O–H groups in total. The van der Waals surface area contributed by atoms with Gasteiger partial charge in [-0.25, -0.2) is 4.39 Å². The summed E-state index contributed by atoms with van der Waals surface area (Å²) in [6.45, 7) is 0. The molecule has 0 fully saturated rings. The van der Waals surface area contributed by atoms with Gasteiger partial charge in [0.25, 0.3) is 0 Å². The van der Waals surface area contributed by atoms with Crippen LogP contribution in [0.5, 0.6) is 0 Å². The second kappa shape index (κ2) is 5.53. The summed E-state index contributed by atoms with van der Waals surface area (Å²) in [5, 5.41) is 6.51. The molecule has 0 spiro atoms. The van der Waals surface area contributed by atoms with E-state index in [1.54, 1.807) is 18.3 Å². The van der Waals surface area contributed by atoms with Crippen LogP contribution in [-0.2, 0) is 0 Å². The fraction of sp³-hybridized carbons (Fsp3) is 0. The number of nitrogens with zero attached hydrogens (tertiary/aromatic N) is 1. The summed E-state index contributed by atoms with van der Waals surface area (Å²) in [6, 6.07) is 20.4. The first-order valence-corrected chi connectivity index (χ1v) is 6.35. The molecule has 3 aromatic carbocycles. The van der Waals surface area contributed by atoms with E-state index in [1.807, 2.05) is 30.3 Å². The third-order valence-corrected chi connectivity index (χ3v) is 3.03. The first-order chi connectivity index (χ1) is 9.81. The smallest absolute Gasteiger partial charge is 0.123 e. The van der Waals surface area contributed by atoms with Crippen molar-refractivity contribution in [2.75, 3.05) is 5.43 Å². The van der Waals surface area contributed by atoms with Crippen LogP contribution in [0.4, 0.5) is 10.1 Å². The highest BCUT2D eigenvalue weighted by molar-refractivity contribution is 5.86. The quantitative estimate of drug-likeness (QED) is 0.549. The van der Waals surface area contributed by atoms with Crippen LogP contribution in [-0.4, -0.2) is 6.21 Å². The van der Waals surface area contributed by atoms with Gasteiger partial charge >= 0.3 is 0 Å². The lowest BCUT2D eigenvalue weighted by Crippen LogP contribution is -1.90. The molecule has 20 heavy (non-hydrogen) atoms. The van der Waals surface area contributed by atoms with E-state index in [0.717, 1.165) is 16.6 Å². The zero-order valence-electron chi connectivity index (χ0n) is 10.8. The second-order valence-corrected chi connectivity index (χ2v) is 4.48. The van der Waals surface area contributed by atoms with Crippen LogP contribution in [0.25, 0.3) is 10.8 Å². The highest BCUT2D eigenvalue weighted by atomic mass is 19.1. The summed E-state index contributed by atoms with van der Waals surface area (Å²) in [5.41, 5.74) is 4.74. The van der Waals surface area contributed by atoms with Gasteiger partial charge in [0.2, 0.25) is 0 Å². The summed E-state index contributed by atoms with van der Waals surface area (Å²) < 4.78 is 12.8. The van der Waals surface area contributed by atoms with E-state index < -0.39 is 0 Å². The molecule has 2 nitrogen and oxygen atoms in total. The number of fused-ring (bicyclic) bond motifs is 1. The normalized spacial score (nSPS) is 11.1. The summed E-state index contributed by atoms with van der Waals surface area (Å²) in [7, 11) is 0. The molecule has 0 amide bonds. The maximum atomic E-state index is 12.8. The standard InChI is InChI=1S/C17H13FN2/c18-16-8-5-13(6-9-16)12-19-20-17-10-7-14-3-1-2-4-15(14)11-17/h1-12,20H/b19-12+. The van der Waals surface area contributed by atoms with Crippen LogP contribution in [0.15, 0.2) is 71.8 Å². The van der Waals surface area contributed by atoms with E-state index in [2.05, 4.69) is 22.7 Å². The van der Waals surface area contributed by atoms with E-state index in [4.69, 9.17) is 0 Å². The van der Waals surface area contributed by atoms with Crippen LogP contribution in [0, 0.1) is 5.82 Å². The Morgan fingerprint density at radius 2 is 1.60 bits per heavy atom. The monoisotopic (exact) mass is 264 g/mol. The van der Waals surface area contributed by atoms with Gasteiger partial charge in [0, 0.05) is 0 Å². The summed E-state index contributed by atoms with van der Waals surface area (Å²) in [6.07, 6.45) is 1.66. The van der Waals surface area contributed by atoms with Gasteiger partial charge in [0.05, 0.1) is 11.9 Å². The molecule has 0 saturated heterocycles. The van der Waals surface area contributed by atoms with Crippen molar-refractivity contribution < 1.29 is 4.39 Å². The molecule has 0 radical (unpaired) electrons. The van der Waals surface area contributed by atoms with Crippen molar-refractivity contribution >= 4 is 22.7 Å². The molecule has 98 valence electrons. The molecule has 3 rings (SSSR count). The molecule has 3 heteroatoms. The lowest BCUT2D eigenvalue weighted by Gasteiger charge is -2.02. The molecule has 0 unspecified atom stereocenters. The number of halogens is 1. The minimum absolute atomic E-state index is 0.246. The number of hydrazone groups is 1. The van der Waals surface area contributed by atoms with Crippen LogP contribution in [0.2, 0.25) is 0 Å². The Labute approximate surface area is 116 Å². The van der Waals surface area contributed by atoms with Gasteiger partial charge in [-0.05, 0) is 40.6 Å². The van der Waals surface area contributed by atoms with Gasteiger partial charge < -0.3 is 0 Å². The number of hydrogen-bond donors (Lipinski definition) is 1. The predicted octanol–water partition coefficient (Wildman–Crippen LogP) is 4.42. The fourth-order valence-corrected chi connectivity index (χ4v) is 1.99. The molecular weight excluding hydrogens is 251 g/mol. The van der Waals surface area contributed by atoms with Gasteiger partial charge in [-0.3, -0.25) is 5.43 Å². The van der Waals surface area contributed by atoms with Crippen molar-refractivity contribution in [3.8, 4) is 0 Å². The minimum Gasteiger partial charge on any atom is -0.278 e. The van der Waals surface area contributed by atoms with Crippen molar-refractivity contribution in [1.82, 2.24) is 0 Å². The second-order valence-electron chi connectivity index (χ2n) is 4.48. The largest absolute Gasteiger partial charge is 0.278 e. The molecule has 0 aliphatic rings. The van der Waals surface area contributed by atoms with Crippen molar-refractivity contribution in [2.45, 2.75) is 0 Å². The zero-order chi connectivity index (χ0) is 13.8. The Bertz CT molecular complexity index is 748. The maximum Gasteiger partial charge on any atom is 0.123 e. The Morgan fingerprint density at radius 1 is 0.850 bits per heavy atom. The lowest BCUT2D eigenvalue weighted by molar-refractivity contribution is 0.628. The Kier molecular flexibility index (Phi) is 3.42. The zero-order valence-corrected chi connectivity index (χ0v) is 10.8. The Morgan fingerprint density at radius 3 is 2.40 bits per heavy atom. The van der Waals surface area contributed by atoms with Gasteiger partial charge in [-0.15, -0.1) is 0 Å². The first kappa shape index (κ1) is 12.4. The van der Waals surface area contributed by atoms with Crippen LogP contribution >= 0.6 is 0 Å². The van der Waals surface area contributed by atoms with Gasteiger partial charge in [-0.1, -0.05) is 42.5 Å². The number of nitrogens with one attached hydrogen (secondary N) is 1. The number of anilines is 1. The number of hydrogen-bond acceptors (Lipinski definition) is 2. The number of rotatable bonds is 3. The fourth-order valence-electron chi connectivity index (χ4n) is 1.99. The SMILES string of the molecule is Fc1ccc(/C=N/Nc2ccc3ccccc3c2)cc1. The van der Waals surface area contributed by atoms with Crippen LogP contribution < -0.4 is 5.43 Å². The average molecular weight is 264 g/mol. The molecule has 0 aliphatic heterocycles. The highest BCUT2D eigenvalue weighted by Crippen LogP contribution is 2.18. The first-order valence-electron chi connectivity index (χ1n) is 6.35. The van der Waals surface area contributed by atoms with Crippen molar-refractivity contribution in [3.63, 3.8) is 0 Å². The van der Waals surface area contributed by atoms with E-state index in [1.165, 1.54) is 17.5 Å². The van der Waals surface area contributed by atoms with E-state index in [0.29, 0.717) is 0 Å². The summed E-state index contributed by atoms with van der Waals surface area (Å²) in [4.78, 5) is 0. The Hall–Kier alpha value is -2.68. The van der Waals surface area contributed by atoms with Crippen LogP contribution in [0.1, 0.15) is 5.56 Å². The van der Waals surface area contributed by atoms with Crippen molar-refractivity contribution in [3.05, 3.63) is 78.1 Å². The molecule has 0 bridgehead atoms. The lowest BCUT2D eigenvalue weighted by atomic mass is 10.1. The molecule has 0 heterocycles. The Balaban J connectivity index is 1.74. The maximum absolute atomic E-state index is 12.8. The van der Waals surface area contributed by atoms with Gasteiger partial charge in [0.15, 0.2) is 0 Å². The van der Waals surface area contributed by atoms with E-state index in [-0.39, 0.29) is 5.82 Å². The predicted molar refractivity (Wildman–Crippen MR) is 81.6 cm³/mol. The number of benzene rings is 3.